The molecule has 0 aliphatic heterocycles. The molecule has 1 aromatic carbocycles. The number of rotatable bonds is 6. The van der Waals surface area contributed by atoms with Crippen LogP contribution >= 0.6 is 24.0 Å². The quantitative estimate of drug-likeness (QED) is 0.415. The van der Waals surface area contributed by atoms with Gasteiger partial charge >= 0.3 is 6.61 Å². The van der Waals surface area contributed by atoms with Crippen LogP contribution < -0.4 is 20.1 Å². The molecule has 2 N–H and O–H groups in total. The number of aliphatic imine (C=N–C) groups is 1. The second-order valence-corrected chi connectivity index (χ2v) is 4.59. The van der Waals surface area contributed by atoms with Crippen LogP contribution in [-0.4, -0.2) is 32.8 Å². The maximum Gasteiger partial charge on any atom is 0.387 e. The largest absolute Gasteiger partial charge is 0.493 e. The second kappa shape index (κ2) is 10.4. The Labute approximate surface area is 146 Å². The van der Waals surface area contributed by atoms with E-state index in [1.165, 1.54) is 13.2 Å². The van der Waals surface area contributed by atoms with Gasteiger partial charge in [-0.2, -0.15) is 8.78 Å². The molecule has 0 radical (unpaired) electrons. The zero-order valence-electron chi connectivity index (χ0n) is 13.0. The molecule has 0 bridgehead atoms. The smallest absolute Gasteiger partial charge is 0.387 e. The van der Waals surface area contributed by atoms with Crippen LogP contribution in [0.1, 0.15) is 19.4 Å². The molecule has 0 fully saturated rings. The van der Waals surface area contributed by atoms with Gasteiger partial charge in [-0.25, -0.2) is 0 Å². The summed E-state index contributed by atoms with van der Waals surface area (Å²) in [4.78, 5) is 4.07. The SMILES string of the molecule is CN=C(NCc1ccc(OC)c(OC(F)F)c1)NC(C)C.I. The summed E-state index contributed by atoms with van der Waals surface area (Å²) < 4.78 is 34.1. The highest BCUT2D eigenvalue weighted by molar-refractivity contribution is 14.0. The molecular formula is C14H22F2IN3O2. The second-order valence-electron chi connectivity index (χ2n) is 4.59. The van der Waals surface area contributed by atoms with Gasteiger partial charge in [0.15, 0.2) is 17.5 Å². The summed E-state index contributed by atoms with van der Waals surface area (Å²) in [5, 5.41) is 6.22. The highest BCUT2D eigenvalue weighted by Gasteiger charge is 2.11. The lowest BCUT2D eigenvalue weighted by Gasteiger charge is -2.15. The predicted octanol–water partition coefficient (Wildman–Crippen LogP) is 2.99. The Morgan fingerprint density at radius 1 is 1.27 bits per heavy atom. The molecule has 0 spiro atoms. The number of benzene rings is 1. The molecular weight excluding hydrogens is 407 g/mol. The van der Waals surface area contributed by atoms with Crippen LogP contribution in [0.3, 0.4) is 0 Å². The summed E-state index contributed by atoms with van der Waals surface area (Å²) in [6.07, 6.45) is 0. The Balaban J connectivity index is 0.00000441. The lowest BCUT2D eigenvalue weighted by atomic mass is 10.2. The predicted molar refractivity (Wildman–Crippen MR) is 93.5 cm³/mol. The molecule has 0 saturated carbocycles. The molecule has 0 atom stereocenters. The summed E-state index contributed by atoms with van der Waals surface area (Å²) in [7, 11) is 3.07. The zero-order valence-corrected chi connectivity index (χ0v) is 15.4. The van der Waals surface area contributed by atoms with Crippen molar-refractivity contribution in [2.75, 3.05) is 14.2 Å². The number of methoxy groups -OCH3 is 1. The van der Waals surface area contributed by atoms with Gasteiger partial charge in [0.25, 0.3) is 0 Å². The van der Waals surface area contributed by atoms with Gasteiger partial charge in [-0.05, 0) is 31.5 Å². The molecule has 0 saturated heterocycles. The standard InChI is InChI=1S/C14H21F2N3O2.HI/c1-9(2)19-14(17-3)18-8-10-5-6-11(20-4)12(7-10)21-13(15)16;/h5-7,9,13H,8H2,1-4H3,(H2,17,18,19);1H. The van der Waals surface area contributed by atoms with Crippen LogP contribution in [0, 0.1) is 0 Å². The van der Waals surface area contributed by atoms with Gasteiger partial charge in [0.05, 0.1) is 7.11 Å². The molecule has 1 aromatic rings. The first-order valence-corrected chi connectivity index (χ1v) is 6.55. The monoisotopic (exact) mass is 429 g/mol. The fourth-order valence-electron chi connectivity index (χ4n) is 1.67. The summed E-state index contributed by atoms with van der Waals surface area (Å²) in [5.74, 6) is 0.916. The van der Waals surface area contributed by atoms with E-state index in [1.807, 2.05) is 13.8 Å². The number of ether oxygens (including phenoxy) is 2. The van der Waals surface area contributed by atoms with E-state index in [-0.39, 0.29) is 41.5 Å². The first kappa shape index (κ1) is 20.7. The molecule has 8 heteroatoms. The number of guanidine groups is 1. The Morgan fingerprint density at radius 2 is 1.95 bits per heavy atom. The molecule has 0 heterocycles. The maximum absolute atomic E-state index is 12.4. The summed E-state index contributed by atoms with van der Waals surface area (Å²) in [6, 6.07) is 5.12. The maximum atomic E-state index is 12.4. The summed E-state index contributed by atoms with van der Waals surface area (Å²) in [5.41, 5.74) is 0.776. The van der Waals surface area contributed by atoms with Gasteiger partial charge in [-0.15, -0.1) is 24.0 Å². The zero-order chi connectivity index (χ0) is 15.8. The molecule has 1 rings (SSSR count). The van der Waals surface area contributed by atoms with E-state index in [1.54, 1.807) is 19.2 Å². The number of nitrogens with zero attached hydrogens (tertiary/aromatic N) is 1. The average molecular weight is 429 g/mol. The van der Waals surface area contributed by atoms with Gasteiger partial charge in [-0.3, -0.25) is 4.99 Å². The average Bonchev–Trinajstić information content (AvgIpc) is 2.42. The van der Waals surface area contributed by atoms with Crippen LogP contribution in [0.2, 0.25) is 0 Å². The fourth-order valence-corrected chi connectivity index (χ4v) is 1.67. The Morgan fingerprint density at radius 3 is 2.45 bits per heavy atom. The van der Waals surface area contributed by atoms with Crippen molar-refractivity contribution in [3.05, 3.63) is 23.8 Å². The first-order valence-electron chi connectivity index (χ1n) is 6.55. The fraction of sp³-hybridized carbons (Fsp3) is 0.500. The van der Waals surface area contributed by atoms with Crippen molar-refractivity contribution >= 4 is 29.9 Å². The van der Waals surface area contributed by atoms with Crippen LogP contribution in [-0.2, 0) is 6.54 Å². The third-order valence-electron chi connectivity index (χ3n) is 2.55. The lowest BCUT2D eigenvalue weighted by molar-refractivity contribution is -0.0512. The third kappa shape index (κ3) is 7.10. The number of nitrogens with one attached hydrogen (secondary N) is 2. The van der Waals surface area contributed by atoms with E-state index < -0.39 is 6.61 Å². The number of hydrogen-bond acceptors (Lipinski definition) is 3. The van der Waals surface area contributed by atoms with Crippen molar-refractivity contribution in [3.8, 4) is 11.5 Å². The molecule has 0 aliphatic rings. The molecule has 0 amide bonds. The van der Waals surface area contributed by atoms with Crippen LogP contribution in [0.5, 0.6) is 11.5 Å². The number of hydrogen-bond donors (Lipinski definition) is 2. The molecule has 22 heavy (non-hydrogen) atoms. The lowest BCUT2D eigenvalue weighted by Crippen LogP contribution is -2.40. The van der Waals surface area contributed by atoms with Gasteiger partial charge in [0.2, 0.25) is 0 Å². The molecule has 0 unspecified atom stereocenters. The molecule has 0 aliphatic carbocycles. The van der Waals surface area contributed by atoms with E-state index in [0.717, 1.165) is 5.56 Å². The molecule has 0 aromatic heterocycles. The van der Waals surface area contributed by atoms with E-state index >= 15 is 0 Å². The van der Waals surface area contributed by atoms with E-state index in [9.17, 15) is 8.78 Å². The van der Waals surface area contributed by atoms with E-state index in [0.29, 0.717) is 12.5 Å². The van der Waals surface area contributed by atoms with E-state index in [2.05, 4.69) is 20.4 Å². The van der Waals surface area contributed by atoms with Crippen molar-refractivity contribution in [3.63, 3.8) is 0 Å². The minimum Gasteiger partial charge on any atom is -0.493 e. The van der Waals surface area contributed by atoms with Crippen LogP contribution in [0.15, 0.2) is 23.2 Å². The third-order valence-corrected chi connectivity index (χ3v) is 2.55. The summed E-state index contributed by atoms with van der Waals surface area (Å²) >= 11 is 0. The Kier molecular flexibility index (Phi) is 9.79. The van der Waals surface area contributed by atoms with Crippen molar-refractivity contribution in [1.82, 2.24) is 10.6 Å². The van der Waals surface area contributed by atoms with Crippen LogP contribution in [0.25, 0.3) is 0 Å². The Bertz CT molecular complexity index is 485. The highest BCUT2D eigenvalue weighted by Crippen LogP contribution is 2.29. The van der Waals surface area contributed by atoms with Gasteiger partial charge in [0, 0.05) is 19.6 Å². The minimum atomic E-state index is -2.89. The van der Waals surface area contributed by atoms with Gasteiger partial charge in [-0.1, -0.05) is 6.07 Å². The number of alkyl halides is 2. The number of halogens is 3. The molecule has 126 valence electrons. The summed E-state index contributed by atoms with van der Waals surface area (Å²) in [6.45, 7) is 1.53. The van der Waals surface area contributed by atoms with Crippen molar-refractivity contribution < 1.29 is 18.3 Å². The van der Waals surface area contributed by atoms with Crippen molar-refractivity contribution in [1.29, 1.82) is 0 Å². The van der Waals surface area contributed by atoms with E-state index in [4.69, 9.17) is 4.74 Å². The first-order chi connectivity index (χ1) is 9.96. The van der Waals surface area contributed by atoms with Gasteiger partial charge in [0.1, 0.15) is 0 Å². The Hall–Kier alpha value is -1.32. The van der Waals surface area contributed by atoms with Crippen molar-refractivity contribution in [2.24, 2.45) is 4.99 Å². The van der Waals surface area contributed by atoms with Gasteiger partial charge < -0.3 is 20.1 Å². The topological polar surface area (TPSA) is 54.9 Å². The van der Waals surface area contributed by atoms with Crippen LogP contribution in [0.4, 0.5) is 8.78 Å². The van der Waals surface area contributed by atoms with Crippen molar-refractivity contribution in [2.45, 2.75) is 33.0 Å². The normalized spacial score (nSPS) is 11.2. The molecule has 5 nitrogen and oxygen atoms in total. The minimum absolute atomic E-state index is 0. The highest BCUT2D eigenvalue weighted by atomic mass is 127.